The molecule has 1 aliphatic rings. The first-order valence-electron chi connectivity index (χ1n) is 7.00. The fourth-order valence-electron chi connectivity index (χ4n) is 2.06. The summed E-state index contributed by atoms with van der Waals surface area (Å²) in [5.41, 5.74) is 1.33. The van der Waals surface area contributed by atoms with Crippen LogP contribution in [0.4, 0.5) is 5.13 Å². The van der Waals surface area contributed by atoms with Gasteiger partial charge in [0, 0.05) is 43.1 Å². The molecule has 1 aliphatic heterocycles. The van der Waals surface area contributed by atoms with Crippen molar-refractivity contribution < 1.29 is 0 Å². The van der Waals surface area contributed by atoms with Crippen LogP contribution in [0.25, 0.3) is 0 Å². The van der Waals surface area contributed by atoms with Gasteiger partial charge in [-0.15, -0.1) is 11.3 Å². The first-order valence-corrected chi connectivity index (χ1v) is 7.81. The quantitative estimate of drug-likeness (QED) is 0.920. The Bertz CT molecular complexity index is 414. The van der Waals surface area contributed by atoms with Crippen LogP contribution in [0.3, 0.4) is 0 Å². The molecule has 1 saturated heterocycles. The third-order valence-electron chi connectivity index (χ3n) is 3.43. The summed E-state index contributed by atoms with van der Waals surface area (Å²) in [6, 6.07) is 0. The van der Waals surface area contributed by atoms with Gasteiger partial charge in [0.15, 0.2) is 5.13 Å². The van der Waals surface area contributed by atoms with Crippen molar-refractivity contribution in [3.8, 4) is 0 Å². The Balaban J connectivity index is 2.00. The van der Waals surface area contributed by atoms with Crippen LogP contribution in [0.1, 0.15) is 31.3 Å². The highest BCUT2D eigenvalue weighted by Crippen LogP contribution is 2.27. The SMILES string of the molecule is Cc1nc(N2CCN(C)CC2)sc1CNC(C)(C)C. The number of nitrogens with one attached hydrogen (secondary N) is 1. The lowest BCUT2D eigenvalue weighted by atomic mass is 10.1. The minimum absolute atomic E-state index is 0.157. The Morgan fingerprint density at radius 3 is 2.42 bits per heavy atom. The minimum Gasteiger partial charge on any atom is -0.346 e. The van der Waals surface area contributed by atoms with Crippen molar-refractivity contribution in [1.82, 2.24) is 15.2 Å². The highest BCUT2D eigenvalue weighted by molar-refractivity contribution is 7.15. The lowest BCUT2D eigenvalue weighted by Gasteiger charge is -2.32. The number of nitrogens with zero attached hydrogens (tertiary/aromatic N) is 3. The van der Waals surface area contributed by atoms with Crippen LogP contribution in [0.2, 0.25) is 0 Å². The van der Waals surface area contributed by atoms with E-state index in [-0.39, 0.29) is 5.54 Å². The van der Waals surface area contributed by atoms with Gasteiger partial charge in [0.2, 0.25) is 0 Å². The van der Waals surface area contributed by atoms with Crippen LogP contribution in [0.15, 0.2) is 0 Å². The normalized spacial score (nSPS) is 18.1. The zero-order valence-electron chi connectivity index (χ0n) is 12.8. The van der Waals surface area contributed by atoms with E-state index < -0.39 is 0 Å². The van der Waals surface area contributed by atoms with Gasteiger partial charge in [0.25, 0.3) is 0 Å². The Hall–Kier alpha value is -0.650. The van der Waals surface area contributed by atoms with Crippen molar-refractivity contribution in [2.24, 2.45) is 0 Å². The van der Waals surface area contributed by atoms with Crippen molar-refractivity contribution in [3.63, 3.8) is 0 Å². The fourth-order valence-corrected chi connectivity index (χ4v) is 3.11. The van der Waals surface area contributed by atoms with Crippen molar-refractivity contribution in [2.75, 3.05) is 38.1 Å². The Morgan fingerprint density at radius 1 is 1.21 bits per heavy atom. The lowest BCUT2D eigenvalue weighted by molar-refractivity contribution is 0.312. The van der Waals surface area contributed by atoms with Gasteiger partial charge >= 0.3 is 0 Å². The molecule has 1 N–H and O–H groups in total. The second-order valence-electron chi connectivity index (χ2n) is 6.40. The number of rotatable bonds is 3. The summed E-state index contributed by atoms with van der Waals surface area (Å²) in [6.45, 7) is 14.1. The molecule has 1 fully saturated rings. The molecule has 0 aromatic carbocycles. The number of thiazole rings is 1. The highest BCUT2D eigenvalue weighted by Gasteiger charge is 2.19. The predicted molar refractivity (Wildman–Crippen MR) is 83.2 cm³/mol. The Morgan fingerprint density at radius 2 is 1.84 bits per heavy atom. The third kappa shape index (κ3) is 4.16. The van der Waals surface area contributed by atoms with E-state index in [4.69, 9.17) is 4.98 Å². The molecule has 0 bridgehead atoms. The molecule has 0 aliphatic carbocycles. The number of aromatic nitrogens is 1. The number of hydrogen-bond donors (Lipinski definition) is 1. The van der Waals surface area contributed by atoms with Crippen molar-refractivity contribution >= 4 is 16.5 Å². The first-order chi connectivity index (χ1) is 8.85. The topological polar surface area (TPSA) is 31.4 Å². The molecule has 108 valence electrons. The molecule has 2 heterocycles. The molecule has 0 amide bonds. The zero-order chi connectivity index (χ0) is 14.0. The Labute approximate surface area is 120 Å². The average molecular weight is 282 g/mol. The van der Waals surface area contributed by atoms with Crippen LogP contribution < -0.4 is 10.2 Å². The van der Waals surface area contributed by atoms with Gasteiger partial charge in [-0.05, 0) is 34.7 Å². The molecule has 0 unspecified atom stereocenters. The summed E-state index contributed by atoms with van der Waals surface area (Å²) in [4.78, 5) is 10.9. The second-order valence-corrected chi connectivity index (χ2v) is 7.46. The molecule has 19 heavy (non-hydrogen) atoms. The summed E-state index contributed by atoms with van der Waals surface area (Å²) in [5.74, 6) is 0. The van der Waals surface area contributed by atoms with Gasteiger partial charge < -0.3 is 15.1 Å². The standard InChI is InChI=1S/C14H26N4S/c1-11-12(10-15-14(2,3)4)19-13(16-11)18-8-6-17(5)7-9-18/h15H,6-10H2,1-5H3. The van der Waals surface area contributed by atoms with Gasteiger partial charge in [-0.1, -0.05) is 0 Å². The van der Waals surface area contributed by atoms with Gasteiger partial charge in [-0.25, -0.2) is 4.98 Å². The molecule has 1 aromatic heterocycles. The molecule has 0 atom stereocenters. The monoisotopic (exact) mass is 282 g/mol. The van der Waals surface area contributed by atoms with E-state index in [9.17, 15) is 0 Å². The predicted octanol–water partition coefficient (Wildman–Crippen LogP) is 2.09. The van der Waals surface area contributed by atoms with Crippen LogP contribution in [-0.2, 0) is 6.54 Å². The largest absolute Gasteiger partial charge is 0.346 e. The lowest BCUT2D eigenvalue weighted by Crippen LogP contribution is -2.44. The number of hydrogen-bond acceptors (Lipinski definition) is 5. The first kappa shape index (κ1) is 14.8. The average Bonchev–Trinajstić information content (AvgIpc) is 2.68. The van der Waals surface area contributed by atoms with E-state index in [1.54, 1.807) is 0 Å². The zero-order valence-corrected chi connectivity index (χ0v) is 13.6. The summed E-state index contributed by atoms with van der Waals surface area (Å²) < 4.78 is 0. The van der Waals surface area contributed by atoms with E-state index in [0.29, 0.717) is 0 Å². The molecule has 5 heteroatoms. The van der Waals surface area contributed by atoms with Crippen LogP contribution in [0, 0.1) is 6.92 Å². The second kappa shape index (κ2) is 5.77. The van der Waals surface area contributed by atoms with Crippen LogP contribution in [0.5, 0.6) is 0 Å². The number of likely N-dealkylation sites (N-methyl/N-ethyl adjacent to an activating group) is 1. The molecule has 2 rings (SSSR count). The highest BCUT2D eigenvalue weighted by atomic mass is 32.1. The third-order valence-corrected chi connectivity index (χ3v) is 4.65. The molecular weight excluding hydrogens is 256 g/mol. The van der Waals surface area contributed by atoms with E-state index in [1.165, 1.54) is 15.7 Å². The van der Waals surface area contributed by atoms with E-state index in [1.807, 2.05) is 11.3 Å². The molecule has 0 saturated carbocycles. The van der Waals surface area contributed by atoms with Gasteiger partial charge in [0.05, 0.1) is 5.69 Å². The molecule has 0 spiro atoms. The molecule has 4 nitrogen and oxygen atoms in total. The maximum absolute atomic E-state index is 4.75. The number of piperazine rings is 1. The van der Waals surface area contributed by atoms with Crippen molar-refractivity contribution in [2.45, 2.75) is 39.8 Å². The Kier molecular flexibility index (Phi) is 4.48. The van der Waals surface area contributed by atoms with Crippen LogP contribution >= 0.6 is 11.3 Å². The summed E-state index contributed by atoms with van der Waals surface area (Å²) in [6.07, 6.45) is 0. The van der Waals surface area contributed by atoms with Crippen molar-refractivity contribution in [3.05, 3.63) is 10.6 Å². The van der Waals surface area contributed by atoms with Gasteiger partial charge in [-0.2, -0.15) is 0 Å². The summed E-state index contributed by atoms with van der Waals surface area (Å²) in [5, 5.41) is 4.74. The number of anilines is 1. The van der Waals surface area contributed by atoms with E-state index in [2.05, 4.69) is 49.9 Å². The number of aryl methyl sites for hydroxylation is 1. The van der Waals surface area contributed by atoms with E-state index in [0.717, 1.165) is 32.7 Å². The maximum atomic E-state index is 4.75. The molecular formula is C14H26N4S. The smallest absolute Gasteiger partial charge is 0.185 e. The van der Waals surface area contributed by atoms with Crippen molar-refractivity contribution in [1.29, 1.82) is 0 Å². The van der Waals surface area contributed by atoms with Crippen LogP contribution in [-0.4, -0.2) is 48.6 Å². The maximum Gasteiger partial charge on any atom is 0.185 e. The van der Waals surface area contributed by atoms with Gasteiger partial charge in [-0.3, -0.25) is 0 Å². The van der Waals surface area contributed by atoms with Gasteiger partial charge in [0.1, 0.15) is 0 Å². The molecule has 0 radical (unpaired) electrons. The van der Waals surface area contributed by atoms with E-state index >= 15 is 0 Å². The summed E-state index contributed by atoms with van der Waals surface area (Å²) in [7, 11) is 2.18. The summed E-state index contributed by atoms with van der Waals surface area (Å²) >= 11 is 1.84. The fraction of sp³-hybridized carbons (Fsp3) is 0.786. The minimum atomic E-state index is 0.157. The molecule has 1 aromatic rings.